The van der Waals surface area contributed by atoms with E-state index >= 15 is 4.39 Å². The Balaban J connectivity index is 1.28. The van der Waals surface area contributed by atoms with Gasteiger partial charge in [0.2, 0.25) is 0 Å². The van der Waals surface area contributed by atoms with Crippen LogP contribution in [0.2, 0.25) is 0 Å². The van der Waals surface area contributed by atoms with Crippen LogP contribution in [0.25, 0.3) is 32.2 Å². The summed E-state index contributed by atoms with van der Waals surface area (Å²) in [6, 6.07) is 17.4. The number of nitrogens with one attached hydrogen (secondary N) is 1. The Morgan fingerprint density at radius 1 is 1.00 bits per heavy atom. The summed E-state index contributed by atoms with van der Waals surface area (Å²) in [7, 11) is 0. The maximum Gasteiger partial charge on any atom is 0.267 e. The van der Waals surface area contributed by atoms with Crippen molar-refractivity contribution in [2.24, 2.45) is 0 Å². The number of aromatic nitrogens is 2. The number of rotatable bonds is 4. The van der Waals surface area contributed by atoms with Gasteiger partial charge in [0.05, 0.1) is 27.8 Å². The first kappa shape index (κ1) is 22.5. The van der Waals surface area contributed by atoms with E-state index in [-0.39, 0.29) is 18.5 Å². The predicted molar refractivity (Wildman–Crippen MR) is 136 cm³/mol. The maximum absolute atomic E-state index is 15.0. The van der Waals surface area contributed by atoms with Crippen LogP contribution < -0.4 is 5.32 Å². The van der Waals surface area contributed by atoms with E-state index in [2.05, 4.69) is 15.3 Å². The topological polar surface area (TPSA) is 58.1 Å². The molecule has 3 heterocycles. The van der Waals surface area contributed by atoms with Crippen molar-refractivity contribution in [1.82, 2.24) is 14.9 Å². The van der Waals surface area contributed by atoms with Gasteiger partial charge < -0.3 is 10.2 Å². The second-order valence-electron chi connectivity index (χ2n) is 8.78. The van der Waals surface area contributed by atoms with Crippen molar-refractivity contribution < 1.29 is 18.0 Å². The van der Waals surface area contributed by atoms with Crippen LogP contribution in [0, 0.1) is 5.82 Å². The van der Waals surface area contributed by atoms with Gasteiger partial charge >= 0.3 is 0 Å². The molecule has 1 aliphatic rings. The second-order valence-corrected chi connectivity index (χ2v) is 9.66. The normalized spacial score (nSPS) is 15.0. The van der Waals surface area contributed by atoms with Gasteiger partial charge in [-0.25, -0.2) is 18.2 Å². The van der Waals surface area contributed by atoms with Crippen LogP contribution >= 0.6 is 11.3 Å². The molecule has 0 saturated carbocycles. The van der Waals surface area contributed by atoms with Gasteiger partial charge in [0.15, 0.2) is 0 Å². The van der Waals surface area contributed by atoms with E-state index in [1.165, 1.54) is 12.1 Å². The van der Waals surface area contributed by atoms with Gasteiger partial charge in [-0.15, -0.1) is 11.3 Å². The minimum atomic E-state index is -2.90. The standard InChI is InChI=1S/C27H19F3N4OS/c28-21-11-17(26(35)34-10-8-27(29,30)14-34)2-4-19(21)16-1-5-20-22(7-9-31-23(20)12-16)33-18-3-6-25-24(13-18)32-15-36-25/h1-7,9,11-13,15H,8,10,14H2,(H,31,33). The highest BCUT2D eigenvalue weighted by atomic mass is 32.1. The molecule has 0 bridgehead atoms. The van der Waals surface area contributed by atoms with Crippen LogP contribution in [0.1, 0.15) is 16.8 Å². The summed E-state index contributed by atoms with van der Waals surface area (Å²) in [5, 5.41) is 4.27. The van der Waals surface area contributed by atoms with E-state index in [1.54, 1.807) is 29.7 Å². The first-order valence-corrected chi connectivity index (χ1v) is 12.2. The number of likely N-dealkylation sites (tertiary alicyclic amines) is 1. The number of halogens is 3. The minimum absolute atomic E-state index is 0.0421. The fourth-order valence-electron chi connectivity index (χ4n) is 4.49. The Kier molecular flexibility index (Phi) is 5.37. The largest absolute Gasteiger partial charge is 0.355 e. The average molecular weight is 505 g/mol. The molecule has 0 atom stereocenters. The third-order valence-electron chi connectivity index (χ3n) is 6.34. The molecule has 36 heavy (non-hydrogen) atoms. The lowest BCUT2D eigenvalue weighted by molar-refractivity contribution is 0.0120. The molecule has 9 heteroatoms. The van der Waals surface area contributed by atoms with Gasteiger partial charge in [0.25, 0.3) is 11.8 Å². The number of carbonyl (C=O) groups excluding carboxylic acids is 1. The summed E-state index contributed by atoms with van der Waals surface area (Å²) in [5.41, 5.74) is 6.10. The first-order valence-electron chi connectivity index (χ1n) is 11.3. The molecule has 1 aliphatic heterocycles. The lowest BCUT2D eigenvalue weighted by atomic mass is 10.0. The van der Waals surface area contributed by atoms with Crippen molar-refractivity contribution in [2.45, 2.75) is 12.3 Å². The predicted octanol–water partition coefficient (Wildman–Crippen LogP) is 6.88. The van der Waals surface area contributed by atoms with Gasteiger partial charge in [-0.1, -0.05) is 18.2 Å². The number of amides is 1. The zero-order valence-corrected chi connectivity index (χ0v) is 19.7. The molecule has 5 nitrogen and oxygen atoms in total. The molecular formula is C27H19F3N4OS. The van der Waals surface area contributed by atoms with E-state index in [4.69, 9.17) is 0 Å². The molecule has 1 N–H and O–H groups in total. The number of hydrogen-bond acceptors (Lipinski definition) is 5. The van der Waals surface area contributed by atoms with Crippen LogP contribution in [0.4, 0.5) is 24.5 Å². The molecule has 0 radical (unpaired) electrons. The lowest BCUT2D eigenvalue weighted by Gasteiger charge is -2.16. The van der Waals surface area contributed by atoms with E-state index in [0.29, 0.717) is 16.6 Å². The number of hydrogen-bond donors (Lipinski definition) is 1. The number of nitrogens with zero attached hydrogens (tertiary/aromatic N) is 3. The summed E-state index contributed by atoms with van der Waals surface area (Å²) in [4.78, 5) is 22.4. The summed E-state index contributed by atoms with van der Waals surface area (Å²) in [5.74, 6) is -4.09. The Bertz CT molecular complexity index is 1630. The third kappa shape index (κ3) is 4.15. The Morgan fingerprint density at radius 2 is 1.89 bits per heavy atom. The number of benzene rings is 3. The molecular weight excluding hydrogens is 485 g/mol. The molecule has 5 aromatic rings. The quantitative estimate of drug-likeness (QED) is 0.290. The molecule has 3 aromatic carbocycles. The van der Waals surface area contributed by atoms with Gasteiger partial charge in [-0.05, 0) is 48.0 Å². The number of carbonyl (C=O) groups is 1. The van der Waals surface area contributed by atoms with Gasteiger partial charge in [-0.2, -0.15) is 0 Å². The Morgan fingerprint density at radius 3 is 2.69 bits per heavy atom. The number of fused-ring (bicyclic) bond motifs is 2. The summed E-state index contributed by atoms with van der Waals surface area (Å²) in [6.45, 7) is -0.681. The highest BCUT2D eigenvalue weighted by Crippen LogP contribution is 2.33. The van der Waals surface area contributed by atoms with Crippen molar-refractivity contribution >= 4 is 49.7 Å². The Hall–Kier alpha value is -3.98. The van der Waals surface area contributed by atoms with Gasteiger partial charge in [0, 0.05) is 47.1 Å². The zero-order chi connectivity index (χ0) is 24.9. The van der Waals surface area contributed by atoms with Gasteiger partial charge in [0.1, 0.15) is 5.82 Å². The van der Waals surface area contributed by atoms with Crippen LogP contribution in [-0.4, -0.2) is 39.8 Å². The molecule has 2 aromatic heterocycles. The lowest BCUT2D eigenvalue weighted by Crippen LogP contribution is -2.31. The SMILES string of the molecule is O=C(c1ccc(-c2ccc3c(Nc4ccc5scnc5c4)ccnc3c2)c(F)c1)N1CCC(F)(F)C1. The smallest absolute Gasteiger partial charge is 0.267 e. The van der Waals surface area contributed by atoms with Crippen LogP contribution in [-0.2, 0) is 0 Å². The summed E-state index contributed by atoms with van der Waals surface area (Å²) in [6.07, 6.45) is 1.31. The molecule has 0 spiro atoms. The number of thiazole rings is 1. The molecule has 6 rings (SSSR count). The van der Waals surface area contributed by atoms with Crippen molar-refractivity contribution in [3.05, 3.63) is 83.8 Å². The minimum Gasteiger partial charge on any atom is -0.355 e. The fraction of sp³-hybridized carbons (Fsp3) is 0.148. The zero-order valence-electron chi connectivity index (χ0n) is 18.8. The van der Waals surface area contributed by atoms with E-state index in [0.717, 1.165) is 37.9 Å². The molecule has 1 saturated heterocycles. The summed E-state index contributed by atoms with van der Waals surface area (Å²) >= 11 is 1.58. The highest BCUT2D eigenvalue weighted by molar-refractivity contribution is 7.16. The van der Waals surface area contributed by atoms with Crippen LogP contribution in [0.3, 0.4) is 0 Å². The highest BCUT2D eigenvalue weighted by Gasteiger charge is 2.40. The molecule has 1 amide bonds. The third-order valence-corrected chi connectivity index (χ3v) is 7.15. The second kappa shape index (κ2) is 8.60. The molecule has 0 aliphatic carbocycles. The number of pyridine rings is 1. The molecule has 0 unspecified atom stereocenters. The monoisotopic (exact) mass is 504 g/mol. The van der Waals surface area contributed by atoms with Crippen LogP contribution in [0.5, 0.6) is 0 Å². The van der Waals surface area contributed by atoms with Crippen molar-refractivity contribution in [1.29, 1.82) is 0 Å². The van der Waals surface area contributed by atoms with Crippen molar-refractivity contribution in [3.8, 4) is 11.1 Å². The Labute approximate surface area is 208 Å². The molecule has 180 valence electrons. The number of alkyl halides is 2. The fourth-order valence-corrected chi connectivity index (χ4v) is 5.15. The molecule has 1 fully saturated rings. The van der Waals surface area contributed by atoms with E-state index in [9.17, 15) is 13.6 Å². The van der Waals surface area contributed by atoms with Crippen molar-refractivity contribution in [2.75, 3.05) is 18.4 Å². The average Bonchev–Trinajstić information content (AvgIpc) is 3.49. The van der Waals surface area contributed by atoms with Crippen LogP contribution in [0.15, 0.2) is 72.4 Å². The number of anilines is 2. The first-order chi connectivity index (χ1) is 17.4. The van der Waals surface area contributed by atoms with Gasteiger partial charge in [-0.3, -0.25) is 9.78 Å². The summed E-state index contributed by atoms with van der Waals surface area (Å²) < 4.78 is 43.1. The maximum atomic E-state index is 15.0. The van der Waals surface area contributed by atoms with E-state index < -0.39 is 24.2 Å². The van der Waals surface area contributed by atoms with E-state index in [1.807, 2.05) is 35.8 Å². The van der Waals surface area contributed by atoms with Crippen molar-refractivity contribution in [3.63, 3.8) is 0 Å².